The van der Waals surface area contributed by atoms with Gasteiger partial charge in [0, 0.05) is 0 Å². The Hall–Kier alpha value is -0.300. The van der Waals surface area contributed by atoms with Crippen LogP contribution < -0.4 is 0 Å². The summed E-state index contributed by atoms with van der Waals surface area (Å²) in [5, 5.41) is 10.8. The van der Waals surface area contributed by atoms with Crippen LogP contribution in [-0.4, -0.2) is 49.9 Å². The summed E-state index contributed by atoms with van der Waals surface area (Å²) in [6.07, 6.45) is 8.17. The van der Waals surface area contributed by atoms with Crippen molar-refractivity contribution in [2.24, 2.45) is 52.3 Å². The molecule has 3 N–H and O–H groups in total. The topological polar surface area (TPSA) is 147 Å². The minimum atomic E-state index is -4.62. The first-order chi connectivity index (χ1) is 17.5. The second-order valence-electron chi connectivity index (χ2n) is 13.8. The summed E-state index contributed by atoms with van der Waals surface area (Å²) in [5.41, 5.74) is -0.0507. The van der Waals surface area contributed by atoms with E-state index < -0.39 is 33.0 Å². The van der Waals surface area contributed by atoms with Gasteiger partial charge in [0.1, 0.15) is 6.10 Å². The normalized spacial score (nSPS) is 42.4. The van der Waals surface area contributed by atoms with E-state index in [0.29, 0.717) is 42.4 Å². The highest BCUT2D eigenvalue weighted by Gasteiger charge is 2.62. The van der Waals surface area contributed by atoms with Gasteiger partial charge in [-0.1, -0.05) is 40.5 Å². The SMILES string of the molecule is CC(C)CCCC(COS(=O)(=O)O)C1CCC2C3CCC4CC(OS(=O)(=O)O)C(O)CC4(C)C3CCC12C. The van der Waals surface area contributed by atoms with Gasteiger partial charge < -0.3 is 5.11 Å². The Balaban J connectivity index is 1.51. The molecule has 0 aromatic heterocycles. The highest BCUT2D eigenvalue weighted by molar-refractivity contribution is 7.81. The molecule has 0 amide bonds. The predicted octanol–water partition coefficient (Wildman–Crippen LogP) is 5.07. The smallest absolute Gasteiger partial charge is 0.390 e. The highest BCUT2D eigenvalue weighted by atomic mass is 32.3. The van der Waals surface area contributed by atoms with Gasteiger partial charge in [0.05, 0.1) is 12.7 Å². The molecule has 0 aromatic rings. The van der Waals surface area contributed by atoms with Gasteiger partial charge in [-0.2, -0.15) is 16.8 Å². The van der Waals surface area contributed by atoms with Crippen LogP contribution in [0.15, 0.2) is 0 Å². The van der Waals surface area contributed by atoms with Crippen molar-refractivity contribution in [2.75, 3.05) is 6.61 Å². The van der Waals surface area contributed by atoms with Gasteiger partial charge in [-0.25, -0.2) is 8.37 Å². The third kappa shape index (κ3) is 6.44. The summed E-state index contributed by atoms with van der Waals surface area (Å²) in [5.74, 6) is 2.64. The molecule has 0 heterocycles. The second kappa shape index (κ2) is 11.2. The molecule has 4 saturated carbocycles. The molecule has 4 aliphatic carbocycles. The zero-order valence-electron chi connectivity index (χ0n) is 23.3. The number of aliphatic hydroxyl groups excluding tert-OH is 1. The number of rotatable bonds is 10. The minimum absolute atomic E-state index is 0.0269. The molecule has 11 heteroatoms. The van der Waals surface area contributed by atoms with E-state index in [1.165, 1.54) is 0 Å². The molecule has 222 valence electrons. The van der Waals surface area contributed by atoms with E-state index >= 15 is 0 Å². The number of fused-ring (bicyclic) bond motifs is 5. The summed E-state index contributed by atoms with van der Waals surface area (Å²) < 4.78 is 73.8. The van der Waals surface area contributed by atoms with E-state index in [1.54, 1.807) is 0 Å². The van der Waals surface area contributed by atoms with E-state index in [-0.39, 0.29) is 29.3 Å². The van der Waals surface area contributed by atoms with Crippen LogP contribution in [0.5, 0.6) is 0 Å². The Kier molecular flexibility index (Phi) is 9.01. The van der Waals surface area contributed by atoms with Crippen LogP contribution in [0.25, 0.3) is 0 Å². The summed E-state index contributed by atoms with van der Waals surface area (Å²) >= 11 is 0. The molecular weight excluding hydrogens is 532 g/mol. The molecule has 0 saturated heterocycles. The van der Waals surface area contributed by atoms with Crippen LogP contribution in [0.4, 0.5) is 0 Å². The lowest BCUT2D eigenvalue weighted by molar-refractivity contribution is -0.157. The van der Waals surface area contributed by atoms with Gasteiger partial charge >= 0.3 is 20.8 Å². The van der Waals surface area contributed by atoms with Crippen LogP contribution in [0, 0.1) is 52.3 Å². The fourth-order valence-corrected chi connectivity index (χ4v) is 10.6. The fraction of sp³-hybridized carbons (Fsp3) is 1.00. The van der Waals surface area contributed by atoms with Crippen molar-refractivity contribution in [3.63, 3.8) is 0 Å². The van der Waals surface area contributed by atoms with Crippen molar-refractivity contribution in [2.45, 2.75) is 111 Å². The summed E-state index contributed by atoms with van der Waals surface area (Å²) in [6, 6.07) is 0. The number of hydrogen-bond acceptors (Lipinski definition) is 7. The molecule has 4 aliphatic rings. The maximum absolute atomic E-state index is 11.4. The molecule has 4 fully saturated rings. The average molecular weight is 581 g/mol. The fourth-order valence-electron chi connectivity index (χ4n) is 9.70. The van der Waals surface area contributed by atoms with Crippen molar-refractivity contribution >= 4 is 20.8 Å². The van der Waals surface area contributed by atoms with E-state index in [1.807, 2.05) is 0 Å². The Morgan fingerprint density at radius 2 is 1.58 bits per heavy atom. The van der Waals surface area contributed by atoms with Crippen molar-refractivity contribution in [1.82, 2.24) is 0 Å². The Morgan fingerprint density at radius 1 is 0.895 bits per heavy atom. The molecule has 0 radical (unpaired) electrons. The largest absolute Gasteiger partial charge is 0.397 e. The van der Waals surface area contributed by atoms with Crippen LogP contribution in [0.2, 0.25) is 0 Å². The first-order valence-electron chi connectivity index (χ1n) is 14.5. The van der Waals surface area contributed by atoms with E-state index in [0.717, 1.165) is 57.8 Å². The quantitative estimate of drug-likeness (QED) is 0.301. The van der Waals surface area contributed by atoms with Gasteiger partial charge in [0.25, 0.3) is 0 Å². The Labute approximate surface area is 229 Å². The van der Waals surface area contributed by atoms with Gasteiger partial charge in [-0.05, 0) is 110 Å². The van der Waals surface area contributed by atoms with Crippen molar-refractivity contribution in [1.29, 1.82) is 0 Å². The third-order valence-electron chi connectivity index (χ3n) is 11.3. The number of hydrogen-bond donors (Lipinski definition) is 3. The predicted molar refractivity (Wildman–Crippen MR) is 143 cm³/mol. The van der Waals surface area contributed by atoms with E-state index in [2.05, 4.69) is 27.7 Å². The molecule has 0 spiro atoms. The van der Waals surface area contributed by atoms with Gasteiger partial charge in [0.2, 0.25) is 0 Å². The van der Waals surface area contributed by atoms with Gasteiger partial charge in [-0.3, -0.25) is 9.11 Å². The first-order valence-corrected chi connectivity index (χ1v) is 17.2. The molecule has 0 aromatic carbocycles. The standard InChI is InChI=1S/C27H48O9S2/c1-17(2)6-5-7-18(16-35-37(29,30)31)21-10-11-22-20-9-8-19-14-25(36-38(32,33)34)24(28)15-27(19,4)23(20)12-13-26(21,22)3/h17-25,28H,5-16H2,1-4H3,(H,29,30,31)(H,32,33,34). The van der Waals surface area contributed by atoms with Crippen LogP contribution >= 0.6 is 0 Å². The van der Waals surface area contributed by atoms with Crippen LogP contribution in [-0.2, 0) is 29.2 Å². The summed E-state index contributed by atoms with van der Waals surface area (Å²) in [6.45, 7) is 9.04. The monoisotopic (exact) mass is 580 g/mol. The maximum atomic E-state index is 11.4. The first kappa shape index (κ1) is 30.7. The minimum Gasteiger partial charge on any atom is -0.390 e. The molecule has 0 bridgehead atoms. The van der Waals surface area contributed by atoms with Crippen LogP contribution in [0.3, 0.4) is 0 Å². The summed E-state index contributed by atoms with van der Waals surface area (Å²) in [7, 11) is -9.11. The maximum Gasteiger partial charge on any atom is 0.397 e. The Morgan fingerprint density at radius 3 is 2.21 bits per heavy atom. The molecule has 10 atom stereocenters. The lowest BCUT2D eigenvalue weighted by Crippen LogP contribution is -2.57. The average Bonchev–Trinajstić information content (AvgIpc) is 3.12. The molecule has 0 aliphatic heterocycles. The molecule has 9 nitrogen and oxygen atoms in total. The molecule has 4 rings (SSSR count). The van der Waals surface area contributed by atoms with Crippen LogP contribution in [0.1, 0.15) is 98.3 Å². The highest BCUT2D eigenvalue weighted by Crippen LogP contribution is 2.68. The van der Waals surface area contributed by atoms with E-state index in [4.69, 9.17) is 8.37 Å². The molecular formula is C27H48O9S2. The molecule has 10 unspecified atom stereocenters. The third-order valence-corrected chi connectivity index (χ3v) is 12.3. The zero-order valence-corrected chi connectivity index (χ0v) is 24.9. The molecule has 38 heavy (non-hydrogen) atoms. The van der Waals surface area contributed by atoms with Crippen molar-refractivity contribution < 1.29 is 39.4 Å². The van der Waals surface area contributed by atoms with Crippen molar-refractivity contribution in [3.05, 3.63) is 0 Å². The Bertz CT molecular complexity index is 1040. The number of aliphatic hydroxyl groups is 1. The van der Waals surface area contributed by atoms with Gasteiger partial charge in [0.15, 0.2) is 0 Å². The van der Waals surface area contributed by atoms with Crippen molar-refractivity contribution in [3.8, 4) is 0 Å². The van der Waals surface area contributed by atoms with E-state index in [9.17, 15) is 31.0 Å². The second-order valence-corrected chi connectivity index (χ2v) is 15.9. The zero-order chi connectivity index (χ0) is 28.1. The summed E-state index contributed by atoms with van der Waals surface area (Å²) in [4.78, 5) is 0. The lowest BCUT2D eigenvalue weighted by atomic mass is 9.44. The lowest BCUT2D eigenvalue weighted by Gasteiger charge is -2.62. The van der Waals surface area contributed by atoms with Gasteiger partial charge in [-0.15, -0.1) is 0 Å².